The number of nitrogens with zero attached hydrogens (tertiary/aromatic N) is 2. The molecule has 0 N–H and O–H groups in total. The second-order valence-corrected chi connectivity index (χ2v) is 10.8. The van der Waals surface area contributed by atoms with Gasteiger partial charge >= 0.3 is 11.9 Å². The molecule has 2 aliphatic rings. The van der Waals surface area contributed by atoms with E-state index in [1.807, 2.05) is 66.0 Å². The highest BCUT2D eigenvalue weighted by molar-refractivity contribution is 8.01. The summed E-state index contributed by atoms with van der Waals surface area (Å²) in [6, 6.07) is 21.3. The molecule has 1 aromatic heterocycles. The lowest BCUT2D eigenvalue weighted by atomic mass is 10.0. The van der Waals surface area contributed by atoms with Crippen LogP contribution in [0.4, 0.5) is 5.00 Å². The second kappa shape index (κ2) is 10.8. The third-order valence-corrected chi connectivity index (χ3v) is 8.68. The molecule has 10 heteroatoms. The van der Waals surface area contributed by atoms with E-state index in [1.165, 1.54) is 41.4 Å². The Morgan fingerprint density at radius 1 is 0.947 bits per heavy atom. The molecule has 0 aliphatic carbocycles. The number of hydrogen-bond donors (Lipinski definition) is 0. The number of β-lactam (4-membered cyclic amide) rings is 1. The largest absolute Gasteiger partial charge is 0.468 e. The maximum absolute atomic E-state index is 13.6. The summed E-state index contributed by atoms with van der Waals surface area (Å²) in [5, 5.41) is 0.858. The van der Waals surface area contributed by atoms with Gasteiger partial charge in [0, 0.05) is 13.1 Å². The lowest BCUT2D eigenvalue weighted by molar-refractivity contribution is -0.147. The van der Waals surface area contributed by atoms with Crippen LogP contribution in [0.2, 0.25) is 0 Å². The Bertz CT molecular complexity index is 1340. The minimum Gasteiger partial charge on any atom is -0.468 e. The van der Waals surface area contributed by atoms with Crippen LogP contribution < -0.4 is 4.90 Å². The van der Waals surface area contributed by atoms with Crippen LogP contribution in [-0.2, 0) is 28.7 Å². The number of hydrogen-bond acceptors (Lipinski definition) is 8. The Hall–Kier alpha value is -3.89. The van der Waals surface area contributed by atoms with Gasteiger partial charge in [0.15, 0.2) is 6.10 Å². The summed E-state index contributed by atoms with van der Waals surface area (Å²) in [6.45, 7) is 1.40. The second-order valence-electron chi connectivity index (χ2n) is 8.65. The van der Waals surface area contributed by atoms with Crippen molar-refractivity contribution in [1.82, 2.24) is 4.90 Å². The number of carbonyl (C=O) groups is 4. The SMILES string of the molecule is COC(=O)C1S[C@@H]2C(N(C(C)=O)c3cccs3)C(=O)N2C=C1C(=O)OC(c1ccccc1)c1ccccc1. The molecule has 3 aromatic rings. The zero-order valence-corrected chi connectivity index (χ0v) is 22.2. The Labute approximate surface area is 227 Å². The van der Waals surface area contributed by atoms with E-state index in [0.29, 0.717) is 5.00 Å². The third-order valence-electron chi connectivity index (χ3n) is 6.33. The highest BCUT2D eigenvalue weighted by atomic mass is 32.2. The summed E-state index contributed by atoms with van der Waals surface area (Å²) in [4.78, 5) is 54.9. The van der Waals surface area contributed by atoms with Crippen molar-refractivity contribution < 1.29 is 28.7 Å². The molecule has 2 amide bonds. The number of esters is 2. The molecule has 38 heavy (non-hydrogen) atoms. The minimum absolute atomic E-state index is 0.00672. The van der Waals surface area contributed by atoms with E-state index in [9.17, 15) is 19.2 Å². The summed E-state index contributed by atoms with van der Waals surface area (Å²) in [5.41, 5.74) is 1.53. The predicted octanol–water partition coefficient (Wildman–Crippen LogP) is 4.14. The zero-order chi connectivity index (χ0) is 26.8. The van der Waals surface area contributed by atoms with Crippen LogP contribution in [0.3, 0.4) is 0 Å². The number of carbonyl (C=O) groups excluding carboxylic acids is 4. The van der Waals surface area contributed by atoms with Crippen molar-refractivity contribution in [3.63, 3.8) is 0 Å². The van der Waals surface area contributed by atoms with Gasteiger partial charge in [-0.15, -0.1) is 23.1 Å². The number of rotatable bonds is 7. The highest BCUT2D eigenvalue weighted by Gasteiger charge is 2.57. The van der Waals surface area contributed by atoms with E-state index < -0.39 is 34.7 Å². The number of methoxy groups -OCH3 is 1. The van der Waals surface area contributed by atoms with Gasteiger partial charge in [0.2, 0.25) is 5.91 Å². The summed E-state index contributed by atoms with van der Waals surface area (Å²) in [7, 11) is 1.24. The van der Waals surface area contributed by atoms with Gasteiger partial charge < -0.3 is 14.4 Å². The predicted molar refractivity (Wildman–Crippen MR) is 144 cm³/mol. The van der Waals surface area contributed by atoms with Crippen molar-refractivity contribution in [3.8, 4) is 0 Å². The van der Waals surface area contributed by atoms with Crippen molar-refractivity contribution in [2.45, 2.75) is 29.7 Å². The lowest BCUT2D eigenvalue weighted by Gasteiger charge is -2.51. The van der Waals surface area contributed by atoms with Crippen molar-refractivity contribution >= 4 is 51.9 Å². The van der Waals surface area contributed by atoms with Gasteiger partial charge in [0.25, 0.3) is 5.91 Å². The third kappa shape index (κ3) is 4.72. The minimum atomic E-state index is -1.03. The molecular weight excluding hydrogens is 524 g/mol. The van der Waals surface area contributed by atoms with Crippen molar-refractivity contribution in [3.05, 3.63) is 101 Å². The van der Waals surface area contributed by atoms with Crippen LogP contribution in [0.5, 0.6) is 0 Å². The molecule has 0 saturated carbocycles. The molecular formula is C28H24N2O6S2. The Morgan fingerprint density at radius 2 is 1.58 bits per heavy atom. The molecule has 2 aliphatic heterocycles. The van der Waals surface area contributed by atoms with E-state index in [-0.39, 0.29) is 17.4 Å². The average Bonchev–Trinajstić information content (AvgIpc) is 3.48. The summed E-state index contributed by atoms with van der Waals surface area (Å²) in [5.74, 6) is -2.01. The number of anilines is 1. The number of benzene rings is 2. The maximum Gasteiger partial charge on any atom is 0.338 e. The average molecular weight is 549 g/mol. The Morgan fingerprint density at radius 3 is 2.11 bits per heavy atom. The van der Waals surface area contributed by atoms with Gasteiger partial charge in [0.05, 0.1) is 17.7 Å². The number of thioether (sulfide) groups is 1. The molecule has 5 rings (SSSR count). The van der Waals surface area contributed by atoms with Crippen molar-refractivity contribution in [2.75, 3.05) is 12.0 Å². The number of fused-ring (bicyclic) bond motifs is 1. The van der Waals surface area contributed by atoms with Crippen LogP contribution in [-0.4, -0.2) is 52.4 Å². The van der Waals surface area contributed by atoms with E-state index >= 15 is 0 Å². The van der Waals surface area contributed by atoms with Crippen molar-refractivity contribution in [2.24, 2.45) is 0 Å². The monoisotopic (exact) mass is 548 g/mol. The lowest BCUT2D eigenvalue weighted by Crippen LogP contribution is -2.70. The fourth-order valence-corrected chi connectivity index (χ4v) is 6.80. The van der Waals surface area contributed by atoms with Crippen LogP contribution in [0.15, 0.2) is 89.9 Å². The molecule has 8 nitrogen and oxygen atoms in total. The van der Waals surface area contributed by atoms with E-state index in [0.717, 1.165) is 22.9 Å². The van der Waals surface area contributed by atoms with E-state index in [2.05, 4.69) is 0 Å². The first-order chi connectivity index (χ1) is 18.4. The molecule has 194 valence electrons. The molecule has 0 bridgehead atoms. The fourth-order valence-electron chi connectivity index (χ4n) is 4.52. The Balaban J connectivity index is 1.46. The van der Waals surface area contributed by atoms with Crippen LogP contribution in [0, 0.1) is 0 Å². The number of ether oxygens (including phenoxy) is 2. The van der Waals surface area contributed by atoms with Crippen molar-refractivity contribution in [1.29, 1.82) is 0 Å². The molecule has 3 heterocycles. The first-order valence-corrected chi connectivity index (χ1v) is 13.6. The number of amides is 2. The number of thiophene rings is 1. The first kappa shape index (κ1) is 25.7. The molecule has 1 saturated heterocycles. The molecule has 0 spiro atoms. The quantitative estimate of drug-likeness (QED) is 0.324. The van der Waals surface area contributed by atoms with Crippen LogP contribution in [0.1, 0.15) is 24.2 Å². The maximum atomic E-state index is 13.6. The summed E-state index contributed by atoms with van der Waals surface area (Å²) < 4.78 is 11.0. The first-order valence-electron chi connectivity index (χ1n) is 11.8. The fraction of sp³-hybridized carbons (Fsp3) is 0.214. The molecule has 2 aromatic carbocycles. The van der Waals surface area contributed by atoms with Gasteiger partial charge in [-0.1, -0.05) is 60.7 Å². The summed E-state index contributed by atoms with van der Waals surface area (Å²) >= 11 is 2.44. The molecule has 2 unspecified atom stereocenters. The molecule has 3 atom stereocenters. The van der Waals surface area contributed by atoms with Gasteiger partial charge in [-0.25, -0.2) is 4.79 Å². The smallest absolute Gasteiger partial charge is 0.338 e. The topological polar surface area (TPSA) is 93.2 Å². The van der Waals surface area contributed by atoms with Gasteiger partial charge in [0.1, 0.15) is 16.7 Å². The van der Waals surface area contributed by atoms with Gasteiger partial charge in [-0.05, 0) is 28.6 Å². The normalized spacial score (nSPS) is 20.2. The van der Waals surface area contributed by atoms with Crippen LogP contribution >= 0.6 is 23.1 Å². The molecule has 0 radical (unpaired) electrons. The van der Waals surface area contributed by atoms with Gasteiger partial charge in [-0.3, -0.25) is 19.3 Å². The van der Waals surface area contributed by atoms with Gasteiger partial charge in [-0.2, -0.15) is 0 Å². The van der Waals surface area contributed by atoms with Crippen LogP contribution in [0.25, 0.3) is 0 Å². The van der Waals surface area contributed by atoms with E-state index in [4.69, 9.17) is 9.47 Å². The highest BCUT2D eigenvalue weighted by Crippen LogP contribution is 2.45. The molecule has 1 fully saturated rings. The van der Waals surface area contributed by atoms with E-state index in [1.54, 1.807) is 12.1 Å². The summed E-state index contributed by atoms with van der Waals surface area (Å²) in [6.07, 6.45) is 0.641. The zero-order valence-electron chi connectivity index (χ0n) is 20.6. The standard InChI is InChI=1S/C28H24N2O6S2/c1-17(31)30(21-14-9-15-37-21)22-25(32)29-16-20(24(28(34)35-2)38-26(22)29)27(33)36-23(18-10-5-3-6-11-18)19-12-7-4-8-13-19/h3-16,22-24,26H,1-2H3/t22?,24?,26-/m1/s1. The Kier molecular flexibility index (Phi) is 7.35.